The molecule has 0 radical (unpaired) electrons. The third-order valence-electron chi connectivity index (χ3n) is 3.98. The molecular weight excluding hydrogens is 337 g/mol. The average molecular weight is 356 g/mol. The SMILES string of the molecule is Clc1cncc(Cl)c1CNC1CCCN(Cc2cccs2)C1. The fourth-order valence-corrected chi connectivity index (χ4v) is 4.09. The van der Waals surface area contributed by atoms with Crippen LogP contribution in [0.2, 0.25) is 10.0 Å². The molecule has 118 valence electrons. The van der Waals surface area contributed by atoms with E-state index < -0.39 is 0 Å². The van der Waals surface area contributed by atoms with Crippen LogP contribution in [0.25, 0.3) is 0 Å². The first-order valence-corrected chi connectivity index (χ1v) is 9.12. The lowest BCUT2D eigenvalue weighted by Crippen LogP contribution is -2.44. The summed E-state index contributed by atoms with van der Waals surface area (Å²) in [5, 5.41) is 7.00. The van der Waals surface area contributed by atoms with Crippen molar-refractivity contribution in [2.75, 3.05) is 13.1 Å². The monoisotopic (exact) mass is 355 g/mol. The smallest absolute Gasteiger partial charge is 0.0649 e. The zero-order valence-corrected chi connectivity index (χ0v) is 14.6. The second-order valence-corrected chi connectivity index (χ2v) is 7.46. The fraction of sp³-hybridized carbons (Fsp3) is 0.438. The molecule has 1 fully saturated rings. The molecule has 1 unspecified atom stereocenters. The van der Waals surface area contributed by atoms with Gasteiger partial charge in [-0.2, -0.15) is 0 Å². The molecule has 1 aliphatic rings. The maximum atomic E-state index is 6.17. The van der Waals surface area contributed by atoms with Gasteiger partial charge in [-0.3, -0.25) is 9.88 Å². The van der Waals surface area contributed by atoms with Crippen molar-refractivity contribution in [2.45, 2.75) is 32.0 Å². The molecule has 3 nitrogen and oxygen atoms in total. The Kier molecular flexibility index (Phi) is 5.71. The molecule has 3 heterocycles. The van der Waals surface area contributed by atoms with Gasteiger partial charge in [-0.25, -0.2) is 0 Å². The minimum absolute atomic E-state index is 0.481. The lowest BCUT2D eigenvalue weighted by Gasteiger charge is -2.33. The highest BCUT2D eigenvalue weighted by Gasteiger charge is 2.20. The Morgan fingerprint density at radius 3 is 2.86 bits per heavy atom. The van der Waals surface area contributed by atoms with Crippen LogP contribution in [-0.2, 0) is 13.1 Å². The molecule has 0 amide bonds. The highest BCUT2D eigenvalue weighted by Crippen LogP contribution is 2.23. The van der Waals surface area contributed by atoms with E-state index in [9.17, 15) is 0 Å². The molecule has 2 aromatic rings. The number of nitrogens with zero attached hydrogens (tertiary/aromatic N) is 2. The first-order valence-electron chi connectivity index (χ1n) is 7.48. The van der Waals surface area contributed by atoms with Crippen LogP contribution in [0.4, 0.5) is 0 Å². The van der Waals surface area contributed by atoms with Gasteiger partial charge in [-0.15, -0.1) is 11.3 Å². The summed E-state index contributed by atoms with van der Waals surface area (Å²) in [4.78, 5) is 7.94. The molecule has 0 saturated carbocycles. The van der Waals surface area contributed by atoms with Gasteiger partial charge in [0.25, 0.3) is 0 Å². The van der Waals surface area contributed by atoms with E-state index in [0.717, 1.165) is 18.7 Å². The first kappa shape index (κ1) is 16.2. The van der Waals surface area contributed by atoms with Gasteiger partial charge in [-0.05, 0) is 30.8 Å². The van der Waals surface area contributed by atoms with E-state index in [-0.39, 0.29) is 0 Å². The van der Waals surface area contributed by atoms with Crippen molar-refractivity contribution in [1.82, 2.24) is 15.2 Å². The van der Waals surface area contributed by atoms with E-state index in [1.165, 1.54) is 24.3 Å². The Morgan fingerprint density at radius 2 is 2.14 bits per heavy atom. The molecule has 0 aliphatic carbocycles. The van der Waals surface area contributed by atoms with Crippen LogP contribution in [0.5, 0.6) is 0 Å². The van der Waals surface area contributed by atoms with Gasteiger partial charge in [-0.1, -0.05) is 29.3 Å². The van der Waals surface area contributed by atoms with Crippen molar-refractivity contribution in [1.29, 1.82) is 0 Å². The molecule has 0 spiro atoms. The molecule has 0 aromatic carbocycles. The molecule has 1 aliphatic heterocycles. The fourth-order valence-electron chi connectivity index (χ4n) is 2.84. The molecule has 22 heavy (non-hydrogen) atoms. The van der Waals surface area contributed by atoms with Crippen LogP contribution >= 0.6 is 34.5 Å². The van der Waals surface area contributed by atoms with Crippen LogP contribution < -0.4 is 5.32 Å². The van der Waals surface area contributed by atoms with Crippen molar-refractivity contribution < 1.29 is 0 Å². The zero-order chi connectivity index (χ0) is 15.4. The van der Waals surface area contributed by atoms with Crippen LogP contribution in [-0.4, -0.2) is 29.0 Å². The number of nitrogens with one attached hydrogen (secondary N) is 1. The Balaban J connectivity index is 1.54. The summed E-state index contributed by atoms with van der Waals surface area (Å²) in [6.07, 6.45) is 5.71. The highest BCUT2D eigenvalue weighted by atomic mass is 35.5. The summed E-state index contributed by atoms with van der Waals surface area (Å²) in [5.41, 5.74) is 0.939. The van der Waals surface area contributed by atoms with Crippen molar-refractivity contribution >= 4 is 34.5 Å². The summed E-state index contributed by atoms with van der Waals surface area (Å²) in [5.74, 6) is 0. The molecule has 1 saturated heterocycles. The standard InChI is InChI=1S/C16H19Cl2N3S/c17-15-8-19-9-16(18)14(15)7-20-12-3-1-5-21(10-12)11-13-4-2-6-22-13/h2,4,6,8-9,12,20H,1,3,5,7,10-11H2. The van der Waals surface area contributed by atoms with Gasteiger partial charge in [0.1, 0.15) is 0 Å². The lowest BCUT2D eigenvalue weighted by atomic mass is 10.1. The van der Waals surface area contributed by atoms with Gasteiger partial charge in [0, 0.05) is 48.5 Å². The summed E-state index contributed by atoms with van der Waals surface area (Å²) < 4.78 is 0. The summed E-state index contributed by atoms with van der Waals surface area (Å²) in [6.45, 7) is 3.98. The van der Waals surface area contributed by atoms with Crippen LogP contribution in [0.1, 0.15) is 23.3 Å². The number of halogens is 2. The predicted octanol–water partition coefficient (Wildman–Crippen LogP) is 4.20. The Labute approximate surface area is 145 Å². The Hall–Kier alpha value is -0.650. The second kappa shape index (κ2) is 7.75. The molecule has 0 bridgehead atoms. The number of aromatic nitrogens is 1. The summed E-state index contributed by atoms with van der Waals surface area (Å²) in [7, 11) is 0. The number of hydrogen-bond acceptors (Lipinski definition) is 4. The Bertz CT molecular complexity index is 583. The zero-order valence-electron chi connectivity index (χ0n) is 12.3. The molecule has 6 heteroatoms. The van der Waals surface area contributed by atoms with Crippen molar-refractivity contribution in [2.24, 2.45) is 0 Å². The van der Waals surface area contributed by atoms with Crippen molar-refractivity contribution in [3.8, 4) is 0 Å². The van der Waals surface area contributed by atoms with Gasteiger partial charge >= 0.3 is 0 Å². The van der Waals surface area contributed by atoms with Crippen LogP contribution in [0, 0.1) is 0 Å². The van der Waals surface area contributed by atoms with Crippen LogP contribution in [0.3, 0.4) is 0 Å². The molecule has 1 N–H and O–H groups in total. The Morgan fingerprint density at radius 1 is 1.32 bits per heavy atom. The minimum atomic E-state index is 0.481. The normalized spacial score (nSPS) is 19.5. The molecule has 1 atom stereocenters. The number of piperidine rings is 1. The average Bonchev–Trinajstić information content (AvgIpc) is 3.00. The van der Waals surface area contributed by atoms with Crippen molar-refractivity contribution in [3.05, 3.63) is 50.4 Å². The third-order valence-corrected chi connectivity index (χ3v) is 5.50. The van der Waals surface area contributed by atoms with Gasteiger partial charge < -0.3 is 5.32 Å². The van der Waals surface area contributed by atoms with Crippen molar-refractivity contribution in [3.63, 3.8) is 0 Å². The maximum absolute atomic E-state index is 6.17. The maximum Gasteiger partial charge on any atom is 0.0649 e. The quantitative estimate of drug-likeness (QED) is 0.870. The topological polar surface area (TPSA) is 28.2 Å². The van der Waals surface area contributed by atoms with Gasteiger partial charge in [0.2, 0.25) is 0 Å². The van der Waals surface area contributed by atoms with E-state index >= 15 is 0 Å². The van der Waals surface area contributed by atoms with E-state index in [1.54, 1.807) is 12.4 Å². The van der Waals surface area contributed by atoms with Crippen LogP contribution in [0.15, 0.2) is 29.9 Å². The number of hydrogen-bond donors (Lipinski definition) is 1. The van der Waals surface area contributed by atoms with Gasteiger partial charge in [0.15, 0.2) is 0 Å². The number of thiophene rings is 1. The van der Waals surface area contributed by atoms with E-state index in [1.807, 2.05) is 11.3 Å². The number of rotatable bonds is 5. The predicted molar refractivity (Wildman–Crippen MR) is 93.7 cm³/mol. The number of pyridine rings is 1. The van der Waals surface area contributed by atoms with E-state index in [4.69, 9.17) is 23.2 Å². The molecule has 2 aromatic heterocycles. The molecular formula is C16H19Cl2N3S. The summed E-state index contributed by atoms with van der Waals surface area (Å²) in [6, 6.07) is 4.81. The van der Waals surface area contributed by atoms with E-state index in [0.29, 0.717) is 22.6 Å². The third kappa shape index (κ3) is 4.21. The largest absolute Gasteiger partial charge is 0.309 e. The second-order valence-electron chi connectivity index (χ2n) is 5.62. The first-order chi connectivity index (χ1) is 10.7. The van der Waals surface area contributed by atoms with E-state index in [2.05, 4.69) is 32.7 Å². The lowest BCUT2D eigenvalue weighted by molar-refractivity contribution is 0.184. The van der Waals surface area contributed by atoms with Gasteiger partial charge in [0.05, 0.1) is 10.0 Å². The summed E-state index contributed by atoms with van der Waals surface area (Å²) >= 11 is 14.2. The number of likely N-dealkylation sites (tertiary alicyclic amines) is 1. The highest BCUT2D eigenvalue weighted by molar-refractivity contribution is 7.09. The molecule has 3 rings (SSSR count). The minimum Gasteiger partial charge on any atom is -0.309 e.